The van der Waals surface area contributed by atoms with Crippen molar-refractivity contribution in [1.82, 2.24) is 10.1 Å². The number of hydrogen-bond acceptors (Lipinski definition) is 4. The normalized spacial score (nSPS) is 13.2. The summed E-state index contributed by atoms with van der Waals surface area (Å²) in [5, 5.41) is 2.93. The predicted octanol–water partition coefficient (Wildman–Crippen LogP) is 3.89. The van der Waals surface area contributed by atoms with E-state index < -0.39 is 17.9 Å². The first-order valence-corrected chi connectivity index (χ1v) is 6.39. The lowest BCUT2D eigenvalue weighted by Crippen LogP contribution is -2.11. The van der Waals surface area contributed by atoms with Gasteiger partial charge in [0.15, 0.2) is 0 Å². The Balaban J connectivity index is 2.05. The second kappa shape index (κ2) is 5.75. The highest BCUT2D eigenvalue weighted by Gasteiger charge is 2.37. The molecule has 0 fully saturated rings. The summed E-state index contributed by atoms with van der Waals surface area (Å²) >= 11 is 0. The van der Waals surface area contributed by atoms with Crippen molar-refractivity contribution >= 4 is 0 Å². The third kappa shape index (κ3) is 3.53. The van der Waals surface area contributed by atoms with Crippen LogP contribution in [0.2, 0.25) is 0 Å². The molecule has 0 saturated carbocycles. The van der Waals surface area contributed by atoms with Crippen molar-refractivity contribution in [1.29, 1.82) is 0 Å². The summed E-state index contributed by atoms with van der Waals surface area (Å²) in [6.45, 7) is 5.63. The lowest BCUT2D eigenvalue weighted by atomic mass is 10.1. The van der Waals surface area contributed by atoms with Crippen LogP contribution in [-0.2, 0) is 6.18 Å². The standard InChI is InChI=1S/C14H15F3N2O2/c1-8-5-4-6-9(2)11(8)20-7-10(3)12-18-13(19-21-12)14(15,16)17/h4-6,10H,7H2,1-3H3. The maximum absolute atomic E-state index is 12.4. The second-order valence-electron chi connectivity index (χ2n) is 4.89. The number of rotatable bonds is 4. The molecule has 7 heteroatoms. The summed E-state index contributed by atoms with van der Waals surface area (Å²) in [5.74, 6) is -1.07. The van der Waals surface area contributed by atoms with Gasteiger partial charge in [-0.15, -0.1) is 0 Å². The topological polar surface area (TPSA) is 48.2 Å². The number of para-hydroxylation sites is 1. The number of hydrogen-bond donors (Lipinski definition) is 0. The highest BCUT2D eigenvalue weighted by atomic mass is 19.4. The largest absolute Gasteiger partial charge is 0.492 e. The van der Waals surface area contributed by atoms with Gasteiger partial charge in [0.05, 0.1) is 12.5 Å². The van der Waals surface area contributed by atoms with Gasteiger partial charge in [-0.3, -0.25) is 0 Å². The van der Waals surface area contributed by atoms with Gasteiger partial charge in [-0.2, -0.15) is 18.2 Å². The summed E-state index contributed by atoms with van der Waals surface area (Å²) in [7, 11) is 0. The number of benzene rings is 1. The van der Waals surface area contributed by atoms with Gasteiger partial charge in [-0.05, 0) is 25.0 Å². The summed E-state index contributed by atoms with van der Waals surface area (Å²) < 4.78 is 47.5. The Bertz CT molecular complexity index is 603. The van der Waals surface area contributed by atoms with Crippen LogP contribution in [0.3, 0.4) is 0 Å². The number of alkyl halides is 3. The van der Waals surface area contributed by atoms with Crippen molar-refractivity contribution in [3.63, 3.8) is 0 Å². The summed E-state index contributed by atoms with van der Waals surface area (Å²) in [5.41, 5.74) is 1.92. The first kappa shape index (κ1) is 15.3. The van der Waals surface area contributed by atoms with Crippen molar-refractivity contribution < 1.29 is 22.4 Å². The van der Waals surface area contributed by atoms with Gasteiger partial charge in [-0.25, -0.2) is 0 Å². The van der Waals surface area contributed by atoms with Gasteiger partial charge in [0.2, 0.25) is 5.89 Å². The van der Waals surface area contributed by atoms with Crippen LogP contribution in [-0.4, -0.2) is 16.7 Å². The summed E-state index contributed by atoms with van der Waals surface area (Å²) in [6.07, 6.45) is -4.60. The van der Waals surface area contributed by atoms with E-state index in [1.165, 1.54) is 0 Å². The average Bonchev–Trinajstić information content (AvgIpc) is 2.87. The van der Waals surface area contributed by atoms with Gasteiger partial charge >= 0.3 is 6.18 Å². The Morgan fingerprint density at radius 1 is 1.24 bits per heavy atom. The highest BCUT2D eigenvalue weighted by molar-refractivity contribution is 5.39. The Morgan fingerprint density at radius 3 is 2.38 bits per heavy atom. The molecule has 1 atom stereocenters. The molecular formula is C14H15F3N2O2. The average molecular weight is 300 g/mol. The number of nitrogens with zero attached hydrogens (tertiary/aromatic N) is 2. The zero-order valence-corrected chi connectivity index (χ0v) is 11.9. The molecule has 1 unspecified atom stereocenters. The van der Waals surface area contributed by atoms with Crippen LogP contribution >= 0.6 is 0 Å². The zero-order valence-electron chi connectivity index (χ0n) is 11.9. The fourth-order valence-electron chi connectivity index (χ4n) is 1.86. The quantitative estimate of drug-likeness (QED) is 0.859. The maximum atomic E-state index is 12.4. The molecule has 1 aromatic heterocycles. The maximum Gasteiger partial charge on any atom is 0.455 e. The van der Waals surface area contributed by atoms with E-state index >= 15 is 0 Å². The molecule has 21 heavy (non-hydrogen) atoms. The van der Waals surface area contributed by atoms with E-state index in [2.05, 4.69) is 14.7 Å². The van der Waals surface area contributed by atoms with Crippen molar-refractivity contribution in [3.8, 4) is 5.75 Å². The molecule has 1 heterocycles. The SMILES string of the molecule is Cc1cccc(C)c1OCC(C)c1nc(C(F)(F)F)no1. The third-order valence-electron chi connectivity index (χ3n) is 3.00. The number of halogens is 3. The minimum Gasteiger partial charge on any atom is -0.492 e. The molecule has 0 saturated heterocycles. The molecule has 2 rings (SSSR count). The highest BCUT2D eigenvalue weighted by Crippen LogP contribution is 2.28. The van der Waals surface area contributed by atoms with E-state index in [-0.39, 0.29) is 12.5 Å². The molecule has 0 aliphatic heterocycles. The summed E-state index contributed by atoms with van der Waals surface area (Å²) in [6, 6.07) is 5.72. The van der Waals surface area contributed by atoms with Crippen LogP contribution in [0.4, 0.5) is 13.2 Å². The van der Waals surface area contributed by atoms with Crippen molar-refractivity contribution in [2.24, 2.45) is 0 Å². The molecule has 0 radical (unpaired) electrons. The van der Waals surface area contributed by atoms with E-state index in [9.17, 15) is 13.2 Å². The molecule has 1 aromatic carbocycles. The molecule has 4 nitrogen and oxygen atoms in total. The van der Waals surface area contributed by atoms with E-state index in [0.717, 1.165) is 16.9 Å². The molecular weight excluding hydrogens is 285 g/mol. The minimum atomic E-state index is -4.60. The van der Waals surface area contributed by atoms with Gasteiger partial charge in [0, 0.05) is 0 Å². The number of aromatic nitrogens is 2. The molecule has 0 aliphatic rings. The van der Waals surface area contributed by atoms with E-state index in [0.29, 0.717) is 0 Å². The van der Waals surface area contributed by atoms with E-state index in [4.69, 9.17) is 4.74 Å². The smallest absolute Gasteiger partial charge is 0.455 e. The van der Waals surface area contributed by atoms with Gasteiger partial charge in [0.25, 0.3) is 5.82 Å². The lowest BCUT2D eigenvalue weighted by Gasteiger charge is -2.13. The molecule has 0 spiro atoms. The fourth-order valence-corrected chi connectivity index (χ4v) is 1.86. The Kier molecular flexibility index (Phi) is 4.20. The van der Waals surface area contributed by atoms with E-state index in [1.54, 1.807) is 6.92 Å². The van der Waals surface area contributed by atoms with Crippen LogP contribution in [0.5, 0.6) is 5.75 Å². The van der Waals surface area contributed by atoms with Crippen molar-refractivity contribution in [2.75, 3.05) is 6.61 Å². The fraction of sp³-hybridized carbons (Fsp3) is 0.429. The first-order chi connectivity index (χ1) is 9.79. The Hall–Kier alpha value is -2.05. The number of ether oxygens (including phenoxy) is 1. The number of aryl methyl sites for hydroxylation is 2. The monoisotopic (exact) mass is 300 g/mol. The summed E-state index contributed by atoms with van der Waals surface area (Å²) in [4.78, 5) is 3.36. The van der Waals surface area contributed by atoms with Gasteiger partial charge < -0.3 is 9.26 Å². The second-order valence-corrected chi connectivity index (χ2v) is 4.89. The van der Waals surface area contributed by atoms with Crippen LogP contribution in [0.1, 0.15) is 35.7 Å². The predicted molar refractivity (Wildman–Crippen MR) is 69.1 cm³/mol. The minimum absolute atomic E-state index is 0.0893. The molecule has 0 N–H and O–H groups in total. The third-order valence-corrected chi connectivity index (χ3v) is 3.00. The Morgan fingerprint density at radius 2 is 1.86 bits per heavy atom. The molecule has 0 bridgehead atoms. The van der Waals surface area contributed by atoms with Gasteiger partial charge in [0.1, 0.15) is 5.75 Å². The van der Waals surface area contributed by atoms with Crippen LogP contribution < -0.4 is 4.74 Å². The molecule has 0 aliphatic carbocycles. The molecule has 0 amide bonds. The zero-order chi connectivity index (χ0) is 15.6. The van der Waals surface area contributed by atoms with Gasteiger partial charge in [-0.1, -0.05) is 30.3 Å². The van der Waals surface area contributed by atoms with Crippen molar-refractivity contribution in [2.45, 2.75) is 32.9 Å². The Labute approximate surface area is 119 Å². The van der Waals surface area contributed by atoms with E-state index in [1.807, 2.05) is 32.0 Å². The molecule has 114 valence electrons. The molecule has 2 aromatic rings. The lowest BCUT2D eigenvalue weighted by molar-refractivity contribution is -0.146. The first-order valence-electron chi connectivity index (χ1n) is 6.39. The van der Waals surface area contributed by atoms with Crippen molar-refractivity contribution in [3.05, 3.63) is 41.0 Å². The van der Waals surface area contributed by atoms with Crippen LogP contribution in [0.15, 0.2) is 22.7 Å². The van der Waals surface area contributed by atoms with Crippen LogP contribution in [0.25, 0.3) is 0 Å². The van der Waals surface area contributed by atoms with Crippen LogP contribution in [0, 0.1) is 13.8 Å².